The minimum atomic E-state index is -4.72. The second kappa shape index (κ2) is 6.89. The Kier molecular flexibility index (Phi) is 5.28. The lowest BCUT2D eigenvalue weighted by Crippen LogP contribution is -2.16. The number of rotatable bonds is 3. The summed E-state index contributed by atoms with van der Waals surface area (Å²) < 4.78 is 40.1. The van der Waals surface area contributed by atoms with Crippen LogP contribution in [0.1, 0.15) is 36.7 Å². The predicted octanol–water partition coefficient (Wildman–Crippen LogP) is 5.82. The van der Waals surface area contributed by atoms with Crippen molar-refractivity contribution in [1.82, 2.24) is 0 Å². The first kappa shape index (κ1) is 18.4. The van der Waals surface area contributed by atoms with E-state index in [4.69, 9.17) is 0 Å². The Hall–Kier alpha value is -1.95. The number of hydrogen-bond acceptors (Lipinski definition) is 3. The van der Waals surface area contributed by atoms with Crippen molar-refractivity contribution in [3.63, 3.8) is 0 Å². The summed E-state index contributed by atoms with van der Waals surface area (Å²) in [5, 5.41) is -0.167. The molecule has 0 aliphatic heterocycles. The number of halogens is 3. The summed E-state index contributed by atoms with van der Waals surface area (Å²) in [5.41, 5.74) is 1.67. The van der Waals surface area contributed by atoms with Gasteiger partial charge in [-0.2, -0.15) is 0 Å². The van der Waals surface area contributed by atoms with Crippen LogP contribution >= 0.6 is 11.8 Å². The van der Waals surface area contributed by atoms with Gasteiger partial charge >= 0.3 is 6.36 Å². The summed E-state index contributed by atoms with van der Waals surface area (Å²) in [6.45, 7) is 6.26. The molecule has 0 aliphatic carbocycles. The van der Waals surface area contributed by atoms with E-state index < -0.39 is 6.36 Å². The van der Waals surface area contributed by atoms with Gasteiger partial charge in [-0.3, -0.25) is 4.79 Å². The van der Waals surface area contributed by atoms with Crippen molar-refractivity contribution in [2.45, 2.75) is 37.4 Å². The van der Waals surface area contributed by atoms with Gasteiger partial charge in [-0.15, -0.1) is 13.2 Å². The van der Waals surface area contributed by atoms with E-state index in [0.717, 1.165) is 17.3 Å². The zero-order valence-electron chi connectivity index (χ0n) is 13.5. The molecule has 0 radical (unpaired) electrons. The molecule has 0 heterocycles. The number of ether oxygens (including phenoxy) is 1. The van der Waals surface area contributed by atoms with E-state index in [0.29, 0.717) is 10.5 Å². The molecule has 2 nitrogen and oxygen atoms in total. The molecule has 0 aromatic heterocycles. The van der Waals surface area contributed by atoms with Gasteiger partial charge in [-0.25, -0.2) is 0 Å². The smallest absolute Gasteiger partial charge is 0.406 e. The molecule has 0 saturated carbocycles. The summed E-state index contributed by atoms with van der Waals surface area (Å²) in [5.74, 6) is -0.311. The van der Waals surface area contributed by atoms with Crippen molar-refractivity contribution in [2.24, 2.45) is 0 Å². The molecule has 2 rings (SSSR count). The molecule has 128 valence electrons. The maximum atomic E-state index is 12.2. The molecule has 24 heavy (non-hydrogen) atoms. The number of alkyl halides is 3. The van der Waals surface area contributed by atoms with Crippen LogP contribution in [0, 0.1) is 0 Å². The van der Waals surface area contributed by atoms with Crippen LogP contribution < -0.4 is 4.74 Å². The van der Waals surface area contributed by atoms with Crippen LogP contribution in [-0.4, -0.2) is 11.5 Å². The molecule has 2 aromatic rings. The lowest BCUT2D eigenvalue weighted by Gasteiger charge is -2.18. The Morgan fingerprint density at radius 3 is 1.92 bits per heavy atom. The Morgan fingerprint density at radius 2 is 1.46 bits per heavy atom. The Morgan fingerprint density at radius 1 is 0.917 bits per heavy atom. The Labute approximate surface area is 143 Å². The topological polar surface area (TPSA) is 26.3 Å². The van der Waals surface area contributed by atoms with Crippen molar-refractivity contribution >= 4 is 16.9 Å². The lowest BCUT2D eigenvalue weighted by atomic mass is 9.87. The van der Waals surface area contributed by atoms with Gasteiger partial charge in [0.25, 0.3) is 0 Å². The third kappa shape index (κ3) is 5.30. The van der Waals surface area contributed by atoms with E-state index in [1.807, 2.05) is 12.1 Å². The van der Waals surface area contributed by atoms with Gasteiger partial charge in [0.05, 0.1) is 0 Å². The van der Waals surface area contributed by atoms with Gasteiger partial charge in [-0.1, -0.05) is 45.0 Å². The third-order valence-corrected chi connectivity index (χ3v) is 4.18. The van der Waals surface area contributed by atoms with E-state index in [1.54, 1.807) is 12.1 Å². The number of carbonyl (C=O) groups is 1. The molecule has 0 atom stereocenters. The van der Waals surface area contributed by atoms with E-state index in [2.05, 4.69) is 25.5 Å². The van der Waals surface area contributed by atoms with Crippen LogP contribution in [0.15, 0.2) is 53.4 Å². The Bertz CT molecular complexity index is 699. The van der Waals surface area contributed by atoms with Crippen molar-refractivity contribution < 1.29 is 22.7 Å². The molecular formula is C18H17F3O2S. The molecule has 0 amide bonds. The molecular weight excluding hydrogens is 337 g/mol. The average Bonchev–Trinajstić information content (AvgIpc) is 2.47. The highest BCUT2D eigenvalue weighted by Crippen LogP contribution is 2.29. The maximum Gasteiger partial charge on any atom is 0.573 e. The predicted molar refractivity (Wildman–Crippen MR) is 88.5 cm³/mol. The molecule has 0 unspecified atom stereocenters. The minimum absolute atomic E-state index is 0.00301. The van der Waals surface area contributed by atoms with Crippen LogP contribution in [-0.2, 0) is 5.41 Å². The second-order valence-corrected chi connectivity index (χ2v) is 7.28. The highest BCUT2D eigenvalue weighted by atomic mass is 32.2. The standard InChI is InChI=1S/C18H17F3O2S/c1-17(2,3)13-6-4-12(5-7-13)16(22)24-15-10-8-14(9-11-15)23-18(19,20)21/h4-11H,1-3H3. The fraction of sp³-hybridized carbons (Fsp3) is 0.278. The highest BCUT2D eigenvalue weighted by molar-refractivity contribution is 8.14. The monoisotopic (exact) mass is 354 g/mol. The molecule has 0 saturated heterocycles. The maximum absolute atomic E-state index is 12.2. The first-order valence-corrected chi connectivity index (χ1v) is 8.05. The molecule has 0 aliphatic rings. The number of carbonyl (C=O) groups excluding carboxylic acids is 1. The largest absolute Gasteiger partial charge is 0.573 e. The molecule has 0 bridgehead atoms. The van der Waals surface area contributed by atoms with Crippen LogP contribution in [0.25, 0.3) is 0 Å². The first-order valence-electron chi connectivity index (χ1n) is 7.23. The van der Waals surface area contributed by atoms with Gasteiger partial charge < -0.3 is 4.74 Å². The third-order valence-electron chi connectivity index (χ3n) is 3.25. The van der Waals surface area contributed by atoms with Crippen molar-refractivity contribution in [3.8, 4) is 5.75 Å². The summed E-state index contributed by atoms with van der Waals surface area (Å²) in [6.07, 6.45) is -4.72. The number of benzene rings is 2. The van der Waals surface area contributed by atoms with Gasteiger partial charge in [0.15, 0.2) is 0 Å². The molecule has 6 heteroatoms. The normalized spacial score (nSPS) is 12.1. The molecule has 2 aromatic carbocycles. The van der Waals surface area contributed by atoms with Crippen LogP contribution in [0.2, 0.25) is 0 Å². The van der Waals surface area contributed by atoms with Crippen molar-refractivity contribution in [3.05, 3.63) is 59.7 Å². The quantitative estimate of drug-likeness (QED) is 0.650. The number of hydrogen-bond donors (Lipinski definition) is 0. The molecule has 0 N–H and O–H groups in total. The van der Waals surface area contributed by atoms with Crippen LogP contribution in [0.4, 0.5) is 13.2 Å². The van der Waals surface area contributed by atoms with Crippen molar-refractivity contribution in [1.29, 1.82) is 0 Å². The highest BCUT2D eigenvalue weighted by Gasteiger charge is 2.31. The fourth-order valence-corrected chi connectivity index (χ4v) is 2.72. The van der Waals surface area contributed by atoms with E-state index in [9.17, 15) is 18.0 Å². The average molecular weight is 354 g/mol. The molecule has 0 spiro atoms. The summed E-state index contributed by atoms with van der Waals surface area (Å²) in [7, 11) is 0. The summed E-state index contributed by atoms with van der Waals surface area (Å²) >= 11 is 0.961. The minimum Gasteiger partial charge on any atom is -0.406 e. The number of thioether (sulfide) groups is 1. The first-order chi connectivity index (χ1) is 11.0. The second-order valence-electron chi connectivity index (χ2n) is 6.24. The molecule has 0 fully saturated rings. The lowest BCUT2D eigenvalue weighted by molar-refractivity contribution is -0.274. The van der Waals surface area contributed by atoms with Gasteiger partial charge in [0, 0.05) is 10.5 Å². The summed E-state index contributed by atoms with van der Waals surface area (Å²) in [6, 6.07) is 12.6. The van der Waals surface area contributed by atoms with E-state index >= 15 is 0 Å². The van der Waals surface area contributed by atoms with E-state index in [1.165, 1.54) is 24.3 Å². The zero-order valence-corrected chi connectivity index (χ0v) is 14.3. The zero-order chi connectivity index (χ0) is 18.0. The van der Waals surface area contributed by atoms with Gasteiger partial charge in [-0.05, 0) is 47.0 Å². The van der Waals surface area contributed by atoms with Gasteiger partial charge in [0.2, 0.25) is 5.12 Å². The van der Waals surface area contributed by atoms with Crippen molar-refractivity contribution in [2.75, 3.05) is 0 Å². The SMILES string of the molecule is CC(C)(C)c1ccc(C(=O)Sc2ccc(OC(F)(F)F)cc2)cc1. The Balaban J connectivity index is 2.04. The van der Waals surface area contributed by atoms with Crippen LogP contribution in [0.5, 0.6) is 5.75 Å². The van der Waals surface area contributed by atoms with Crippen LogP contribution in [0.3, 0.4) is 0 Å². The fourth-order valence-electron chi connectivity index (χ4n) is 1.98. The van der Waals surface area contributed by atoms with E-state index in [-0.39, 0.29) is 16.3 Å². The van der Waals surface area contributed by atoms with Gasteiger partial charge in [0.1, 0.15) is 5.75 Å². The summed E-state index contributed by atoms with van der Waals surface area (Å²) in [4.78, 5) is 12.8.